The minimum Gasteiger partial charge on any atom is -0.468 e. The summed E-state index contributed by atoms with van der Waals surface area (Å²) >= 11 is 1.54. The third-order valence-electron chi connectivity index (χ3n) is 5.40. The molecule has 1 aliphatic carbocycles. The van der Waals surface area contributed by atoms with Crippen LogP contribution < -0.4 is 5.32 Å². The lowest BCUT2D eigenvalue weighted by atomic mass is 10.0. The van der Waals surface area contributed by atoms with E-state index in [1.54, 1.807) is 23.8 Å². The zero-order chi connectivity index (χ0) is 18.9. The molecule has 1 fully saturated rings. The molecule has 0 bridgehead atoms. The van der Waals surface area contributed by atoms with Gasteiger partial charge in [-0.05, 0) is 30.9 Å². The summed E-state index contributed by atoms with van der Waals surface area (Å²) < 4.78 is 7.59. The molecule has 146 valence electrons. The van der Waals surface area contributed by atoms with Gasteiger partial charge in [0.2, 0.25) is 0 Å². The second-order valence-electron chi connectivity index (χ2n) is 7.55. The Morgan fingerprint density at radius 1 is 1.39 bits per heavy atom. The highest BCUT2D eigenvalue weighted by Gasteiger charge is 2.31. The first-order chi connectivity index (χ1) is 13.8. The van der Waals surface area contributed by atoms with Crippen molar-refractivity contribution in [1.82, 2.24) is 25.0 Å². The average Bonchev–Trinajstić information content (AvgIpc) is 3.10. The highest BCUT2D eigenvalue weighted by Crippen LogP contribution is 2.33. The normalized spacial score (nSPS) is 16.9. The number of nitrogens with one attached hydrogen (secondary N) is 1. The predicted octanol–water partition coefficient (Wildman–Crippen LogP) is 2.83. The van der Waals surface area contributed by atoms with Crippen molar-refractivity contribution in [3.8, 4) is 0 Å². The maximum absolute atomic E-state index is 12.9. The van der Waals surface area contributed by atoms with Gasteiger partial charge in [0.05, 0.1) is 19.4 Å². The van der Waals surface area contributed by atoms with Crippen LogP contribution in [0.4, 0.5) is 0 Å². The van der Waals surface area contributed by atoms with Gasteiger partial charge in [0, 0.05) is 48.9 Å². The summed E-state index contributed by atoms with van der Waals surface area (Å²) in [5.41, 5.74) is 2.86. The maximum Gasteiger partial charge on any atom is 0.272 e. The summed E-state index contributed by atoms with van der Waals surface area (Å²) in [5.74, 6) is 1.56. The van der Waals surface area contributed by atoms with Crippen LogP contribution in [0.5, 0.6) is 0 Å². The van der Waals surface area contributed by atoms with Gasteiger partial charge in [-0.25, -0.2) is 4.98 Å². The second-order valence-corrected chi connectivity index (χ2v) is 8.53. The van der Waals surface area contributed by atoms with Gasteiger partial charge in [0.1, 0.15) is 10.8 Å². The summed E-state index contributed by atoms with van der Waals surface area (Å²) in [6, 6.07) is 3.91. The molecule has 0 radical (unpaired) electrons. The lowest BCUT2D eigenvalue weighted by Gasteiger charge is -2.26. The molecule has 7 nitrogen and oxygen atoms in total. The van der Waals surface area contributed by atoms with Crippen molar-refractivity contribution >= 4 is 17.2 Å². The number of rotatable bonds is 7. The standard InChI is InChI=1S/C20H23N5O2S/c26-20(22-10-18-21-6-9-28-18)19-16-13-24(12-15-2-1-8-27-15)7-5-17(16)25(23-19)11-14-3-4-14/h1-2,6,8-9,14H,3-5,7,10-13H2,(H,22,26). The van der Waals surface area contributed by atoms with Gasteiger partial charge >= 0.3 is 0 Å². The van der Waals surface area contributed by atoms with E-state index in [0.29, 0.717) is 12.2 Å². The minimum atomic E-state index is -0.110. The SMILES string of the molecule is O=C(NCc1nccs1)c1nn(CC2CC2)c2c1CN(Cc1ccco1)CC2. The van der Waals surface area contributed by atoms with E-state index < -0.39 is 0 Å². The molecule has 8 heteroatoms. The first-order valence-corrected chi connectivity index (χ1v) is 10.6. The fourth-order valence-electron chi connectivity index (χ4n) is 3.76. The predicted molar refractivity (Wildman–Crippen MR) is 105 cm³/mol. The molecule has 1 amide bonds. The van der Waals surface area contributed by atoms with Gasteiger partial charge in [0.15, 0.2) is 5.69 Å². The molecule has 1 aliphatic heterocycles. The summed E-state index contributed by atoms with van der Waals surface area (Å²) in [6.45, 7) is 3.79. The van der Waals surface area contributed by atoms with Crippen molar-refractivity contribution in [2.75, 3.05) is 6.54 Å². The Hall–Kier alpha value is -2.45. The van der Waals surface area contributed by atoms with Crippen LogP contribution in [0.25, 0.3) is 0 Å². The third-order valence-corrected chi connectivity index (χ3v) is 6.18. The van der Waals surface area contributed by atoms with Crippen molar-refractivity contribution in [2.45, 2.75) is 45.4 Å². The lowest BCUT2D eigenvalue weighted by Crippen LogP contribution is -2.32. The van der Waals surface area contributed by atoms with E-state index in [0.717, 1.165) is 54.8 Å². The number of nitrogens with zero attached hydrogens (tertiary/aromatic N) is 4. The zero-order valence-corrected chi connectivity index (χ0v) is 16.5. The monoisotopic (exact) mass is 397 g/mol. The number of hydrogen-bond donors (Lipinski definition) is 1. The number of amides is 1. The largest absolute Gasteiger partial charge is 0.468 e. The number of fused-ring (bicyclic) bond motifs is 1. The first kappa shape index (κ1) is 17.6. The quantitative estimate of drug-likeness (QED) is 0.663. The highest BCUT2D eigenvalue weighted by atomic mass is 32.1. The Morgan fingerprint density at radius 3 is 3.07 bits per heavy atom. The number of carbonyl (C=O) groups excluding carboxylic acids is 1. The molecule has 0 spiro atoms. The number of hydrogen-bond acceptors (Lipinski definition) is 6. The average molecular weight is 398 g/mol. The van der Waals surface area contributed by atoms with Crippen molar-refractivity contribution in [1.29, 1.82) is 0 Å². The molecular weight excluding hydrogens is 374 g/mol. The molecule has 1 N–H and O–H groups in total. The summed E-state index contributed by atoms with van der Waals surface area (Å²) in [5, 5.41) is 10.5. The first-order valence-electron chi connectivity index (χ1n) is 9.76. The van der Waals surface area contributed by atoms with E-state index in [-0.39, 0.29) is 5.91 Å². The Kier molecular flexibility index (Phi) is 4.74. The van der Waals surface area contributed by atoms with Crippen LogP contribution in [-0.4, -0.2) is 32.1 Å². The minimum absolute atomic E-state index is 0.110. The van der Waals surface area contributed by atoms with E-state index in [1.165, 1.54) is 18.5 Å². The van der Waals surface area contributed by atoms with E-state index >= 15 is 0 Å². The Bertz CT molecular complexity index is 944. The molecule has 0 atom stereocenters. The summed E-state index contributed by atoms with van der Waals surface area (Å²) in [4.78, 5) is 19.5. The van der Waals surface area contributed by atoms with Gasteiger partial charge in [-0.1, -0.05) is 0 Å². The molecular formula is C20H23N5O2S. The molecule has 2 aliphatic rings. The number of thiazole rings is 1. The molecule has 28 heavy (non-hydrogen) atoms. The number of furan rings is 1. The van der Waals surface area contributed by atoms with Crippen molar-refractivity contribution < 1.29 is 9.21 Å². The Labute approximate surface area is 167 Å². The van der Waals surface area contributed by atoms with Crippen LogP contribution in [0.15, 0.2) is 34.4 Å². The molecule has 1 saturated carbocycles. The Morgan fingerprint density at radius 2 is 2.32 bits per heavy atom. The van der Waals surface area contributed by atoms with Crippen LogP contribution in [0, 0.1) is 5.92 Å². The molecule has 0 saturated heterocycles. The van der Waals surface area contributed by atoms with Crippen LogP contribution in [0.3, 0.4) is 0 Å². The summed E-state index contributed by atoms with van der Waals surface area (Å²) in [7, 11) is 0. The fourth-order valence-corrected chi connectivity index (χ4v) is 4.32. The molecule has 3 aromatic rings. The van der Waals surface area contributed by atoms with Crippen LogP contribution in [0.2, 0.25) is 0 Å². The van der Waals surface area contributed by atoms with Crippen LogP contribution >= 0.6 is 11.3 Å². The molecule has 5 rings (SSSR count). The molecule has 3 aromatic heterocycles. The number of aromatic nitrogens is 3. The van der Waals surface area contributed by atoms with Gasteiger partial charge in [0.25, 0.3) is 5.91 Å². The van der Waals surface area contributed by atoms with E-state index in [1.807, 2.05) is 17.5 Å². The zero-order valence-electron chi connectivity index (χ0n) is 15.6. The number of carbonyl (C=O) groups is 1. The fraction of sp³-hybridized carbons (Fsp3) is 0.450. The van der Waals surface area contributed by atoms with Gasteiger partial charge in [-0.3, -0.25) is 14.4 Å². The topological polar surface area (TPSA) is 76.2 Å². The maximum atomic E-state index is 12.9. The van der Waals surface area contributed by atoms with E-state index in [2.05, 4.69) is 19.9 Å². The van der Waals surface area contributed by atoms with Crippen molar-refractivity contribution in [3.05, 3.63) is 57.7 Å². The van der Waals surface area contributed by atoms with Crippen LogP contribution in [-0.2, 0) is 32.6 Å². The highest BCUT2D eigenvalue weighted by molar-refractivity contribution is 7.09. The van der Waals surface area contributed by atoms with Gasteiger partial charge < -0.3 is 9.73 Å². The van der Waals surface area contributed by atoms with E-state index in [4.69, 9.17) is 9.52 Å². The molecule has 4 heterocycles. The lowest BCUT2D eigenvalue weighted by molar-refractivity contribution is 0.0942. The molecule has 0 aromatic carbocycles. The van der Waals surface area contributed by atoms with E-state index in [9.17, 15) is 4.79 Å². The van der Waals surface area contributed by atoms with Crippen LogP contribution in [0.1, 0.15) is 45.4 Å². The van der Waals surface area contributed by atoms with Crippen molar-refractivity contribution in [2.24, 2.45) is 5.92 Å². The van der Waals surface area contributed by atoms with Gasteiger partial charge in [-0.15, -0.1) is 11.3 Å². The van der Waals surface area contributed by atoms with Gasteiger partial charge in [-0.2, -0.15) is 5.10 Å². The third kappa shape index (κ3) is 3.74. The second kappa shape index (κ2) is 7.52. The molecule has 0 unspecified atom stereocenters. The smallest absolute Gasteiger partial charge is 0.272 e. The van der Waals surface area contributed by atoms with Crippen molar-refractivity contribution in [3.63, 3.8) is 0 Å². The summed E-state index contributed by atoms with van der Waals surface area (Å²) in [6.07, 6.45) is 6.91. The Balaban J connectivity index is 1.36.